The lowest BCUT2D eigenvalue weighted by Gasteiger charge is -2.09. The molecule has 0 fully saturated rings. The molecule has 110 valence electrons. The average molecular weight is 295 g/mol. The van der Waals surface area contributed by atoms with Gasteiger partial charge in [0.1, 0.15) is 5.82 Å². The van der Waals surface area contributed by atoms with E-state index in [1.54, 1.807) is 0 Å². The van der Waals surface area contributed by atoms with E-state index >= 15 is 0 Å². The Morgan fingerprint density at radius 1 is 1.14 bits per heavy atom. The monoisotopic (exact) mass is 295 g/mol. The van der Waals surface area contributed by atoms with Crippen LogP contribution < -0.4 is 5.32 Å². The molecule has 2 aromatic carbocycles. The third-order valence-electron chi connectivity index (χ3n) is 2.93. The van der Waals surface area contributed by atoms with Gasteiger partial charge < -0.3 is 10.4 Å². The van der Waals surface area contributed by atoms with Crippen molar-refractivity contribution in [2.45, 2.75) is 13.0 Å². The predicted molar refractivity (Wildman–Crippen MR) is 72.1 cm³/mol. The number of hydrogen-bond donors (Lipinski definition) is 2. The molecule has 0 aliphatic carbocycles. The van der Waals surface area contributed by atoms with E-state index in [0.717, 1.165) is 6.07 Å². The molecule has 0 aliphatic heterocycles. The number of halogens is 3. The van der Waals surface area contributed by atoms with Gasteiger partial charge in [0.05, 0.1) is 11.3 Å². The quantitative estimate of drug-likeness (QED) is 0.874. The summed E-state index contributed by atoms with van der Waals surface area (Å²) in [7, 11) is 0. The number of carbonyl (C=O) groups is 1. The molecule has 21 heavy (non-hydrogen) atoms. The minimum absolute atomic E-state index is 0.0352. The molecule has 0 saturated heterocycles. The summed E-state index contributed by atoms with van der Waals surface area (Å²) in [5.41, 5.74) is 0.608. The molecule has 0 atom stereocenters. The molecule has 2 N–H and O–H groups in total. The van der Waals surface area contributed by atoms with E-state index in [0.29, 0.717) is 5.56 Å². The molecule has 2 aromatic rings. The van der Waals surface area contributed by atoms with Crippen molar-refractivity contribution in [3.63, 3.8) is 0 Å². The number of rotatable bonds is 5. The van der Waals surface area contributed by atoms with Gasteiger partial charge in [0, 0.05) is 12.1 Å². The standard InChI is InChI=1S/C15H12F3NO2/c16-12-6-5-11(15(20)21)7-13(12)19-8-9-1-3-10(4-2-9)14(17)18/h1-7,14,19H,8H2,(H,20,21). The van der Waals surface area contributed by atoms with Crippen molar-refractivity contribution in [3.05, 3.63) is 65.0 Å². The first kappa shape index (κ1) is 14.9. The van der Waals surface area contributed by atoms with Gasteiger partial charge in [-0.2, -0.15) is 0 Å². The van der Waals surface area contributed by atoms with E-state index in [-0.39, 0.29) is 23.4 Å². The van der Waals surface area contributed by atoms with E-state index < -0.39 is 18.2 Å². The molecule has 0 saturated carbocycles. The second-order valence-electron chi connectivity index (χ2n) is 4.40. The Hall–Kier alpha value is -2.50. The van der Waals surface area contributed by atoms with Crippen LogP contribution in [0.25, 0.3) is 0 Å². The number of anilines is 1. The predicted octanol–water partition coefficient (Wildman–Crippen LogP) is 4.07. The molecule has 0 radical (unpaired) electrons. The van der Waals surface area contributed by atoms with Gasteiger partial charge in [0.25, 0.3) is 6.43 Å². The molecule has 0 spiro atoms. The zero-order valence-electron chi connectivity index (χ0n) is 10.8. The minimum Gasteiger partial charge on any atom is -0.478 e. The van der Waals surface area contributed by atoms with Crippen LogP contribution in [0, 0.1) is 5.82 Å². The summed E-state index contributed by atoms with van der Waals surface area (Å²) in [5, 5.41) is 11.6. The fourth-order valence-corrected chi connectivity index (χ4v) is 1.77. The van der Waals surface area contributed by atoms with Crippen LogP contribution in [0.15, 0.2) is 42.5 Å². The SMILES string of the molecule is O=C(O)c1ccc(F)c(NCc2ccc(C(F)F)cc2)c1. The third kappa shape index (κ3) is 3.75. The maximum absolute atomic E-state index is 13.6. The Morgan fingerprint density at radius 2 is 1.81 bits per heavy atom. The Bertz CT molecular complexity index is 642. The number of carboxylic acid groups (broad SMARTS) is 1. The second kappa shape index (κ2) is 6.30. The first-order valence-corrected chi connectivity index (χ1v) is 6.11. The molecule has 0 aromatic heterocycles. The lowest BCUT2D eigenvalue weighted by atomic mass is 10.1. The zero-order valence-corrected chi connectivity index (χ0v) is 10.8. The van der Waals surface area contributed by atoms with Crippen molar-refractivity contribution in [2.75, 3.05) is 5.32 Å². The Morgan fingerprint density at radius 3 is 2.38 bits per heavy atom. The molecule has 0 aliphatic rings. The molecule has 3 nitrogen and oxygen atoms in total. The summed E-state index contributed by atoms with van der Waals surface area (Å²) in [6.45, 7) is 0.198. The highest BCUT2D eigenvalue weighted by Crippen LogP contribution is 2.20. The summed E-state index contributed by atoms with van der Waals surface area (Å²) < 4.78 is 38.4. The van der Waals surface area contributed by atoms with Gasteiger partial charge in [0.2, 0.25) is 0 Å². The van der Waals surface area contributed by atoms with Crippen LogP contribution in [-0.4, -0.2) is 11.1 Å². The number of carboxylic acids is 1. The molecule has 0 unspecified atom stereocenters. The van der Waals surface area contributed by atoms with Gasteiger partial charge >= 0.3 is 5.97 Å². The Labute approximate surface area is 119 Å². The van der Waals surface area contributed by atoms with Gasteiger partial charge in [-0.25, -0.2) is 18.0 Å². The molecule has 0 amide bonds. The summed E-state index contributed by atoms with van der Waals surface area (Å²) in [6.07, 6.45) is -2.53. The Balaban J connectivity index is 2.09. The molecule has 6 heteroatoms. The topological polar surface area (TPSA) is 49.3 Å². The highest BCUT2D eigenvalue weighted by atomic mass is 19.3. The highest BCUT2D eigenvalue weighted by molar-refractivity contribution is 5.88. The molecule has 2 rings (SSSR count). The lowest BCUT2D eigenvalue weighted by molar-refractivity contribution is 0.0697. The van der Waals surface area contributed by atoms with Gasteiger partial charge in [-0.3, -0.25) is 0 Å². The second-order valence-corrected chi connectivity index (χ2v) is 4.40. The van der Waals surface area contributed by atoms with Crippen LogP contribution in [-0.2, 0) is 6.54 Å². The van der Waals surface area contributed by atoms with Crippen molar-refractivity contribution >= 4 is 11.7 Å². The zero-order chi connectivity index (χ0) is 15.4. The van der Waals surface area contributed by atoms with Crippen molar-refractivity contribution in [3.8, 4) is 0 Å². The van der Waals surface area contributed by atoms with E-state index in [4.69, 9.17) is 5.11 Å². The normalized spacial score (nSPS) is 10.7. The minimum atomic E-state index is -2.53. The van der Waals surface area contributed by atoms with E-state index in [1.165, 1.54) is 36.4 Å². The molecule has 0 heterocycles. The molecular formula is C15H12F3NO2. The van der Waals surface area contributed by atoms with Crippen molar-refractivity contribution < 1.29 is 23.1 Å². The summed E-state index contributed by atoms with van der Waals surface area (Å²) in [6, 6.07) is 9.02. The number of aromatic carboxylic acids is 1. The lowest BCUT2D eigenvalue weighted by Crippen LogP contribution is -2.04. The van der Waals surface area contributed by atoms with Crippen LogP contribution in [0.4, 0.5) is 18.9 Å². The Kier molecular flexibility index (Phi) is 4.47. The number of benzene rings is 2. The van der Waals surface area contributed by atoms with Crippen molar-refractivity contribution in [2.24, 2.45) is 0 Å². The fraction of sp³-hybridized carbons (Fsp3) is 0.133. The number of nitrogens with one attached hydrogen (secondary N) is 1. The largest absolute Gasteiger partial charge is 0.478 e. The van der Waals surface area contributed by atoms with E-state index in [1.807, 2.05) is 0 Å². The number of alkyl halides is 2. The van der Waals surface area contributed by atoms with E-state index in [9.17, 15) is 18.0 Å². The summed E-state index contributed by atoms with van der Waals surface area (Å²) >= 11 is 0. The van der Waals surface area contributed by atoms with Crippen molar-refractivity contribution in [1.29, 1.82) is 0 Å². The summed E-state index contributed by atoms with van der Waals surface area (Å²) in [5.74, 6) is -1.73. The van der Waals surface area contributed by atoms with Crippen LogP contribution in [0.1, 0.15) is 27.9 Å². The van der Waals surface area contributed by atoms with Crippen LogP contribution in [0.5, 0.6) is 0 Å². The highest BCUT2D eigenvalue weighted by Gasteiger charge is 2.09. The maximum atomic E-state index is 13.6. The van der Waals surface area contributed by atoms with Gasteiger partial charge in [0.15, 0.2) is 0 Å². The van der Waals surface area contributed by atoms with Crippen LogP contribution in [0.2, 0.25) is 0 Å². The van der Waals surface area contributed by atoms with Crippen LogP contribution in [0.3, 0.4) is 0 Å². The third-order valence-corrected chi connectivity index (χ3v) is 2.93. The maximum Gasteiger partial charge on any atom is 0.335 e. The van der Waals surface area contributed by atoms with Crippen LogP contribution >= 0.6 is 0 Å². The first-order chi connectivity index (χ1) is 9.97. The van der Waals surface area contributed by atoms with Gasteiger partial charge in [-0.15, -0.1) is 0 Å². The molecule has 0 bridgehead atoms. The van der Waals surface area contributed by atoms with E-state index in [2.05, 4.69) is 5.32 Å². The summed E-state index contributed by atoms with van der Waals surface area (Å²) in [4.78, 5) is 10.8. The van der Waals surface area contributed by atoms with Gasteiger partial charge in [-0.1, -0.05) is 24.3 Å². The first-order valence-electron chi connectivity index (χ1n) is 6.11. The number of hydrogen-bond acceptors (Lipinski definition) is 2. The fourth-order valence-electron chi connectivity index (χ4n) is 1.77. The van der Waals surface area contributed by atoms with Crippen molar-refractivity contribution in [1.82, 2.24) is 0 Å². The average Bonchev–Trinajstić information content (AvgIpc) is 2.46. The molecular weight excluding hydrogens is 283 g/mol. The smallest absolute Gasteiger partial charge is 0.335 e. The van der Waals surface area contributed by atoms with Gasteiger partial charge in [-0.05, 0) is 23.8 Å².